The maximum atomic E-state index is 5.96. The Hall–Kier alpha value is -1.34. The zero-order valence-corrected chi connectivity index (χ0v) is 15.0. The molecule has 0 amide bonds. The Morgan fingerprint density at radius 2 is 1.90 bits per heavy atom. The average Bonchev–Trinajstić information content (AvgIpc) is 2.72. The number of hydrogen-bond acceptors (Lipinski definition) is 4. The van der Waals surface area contributed by atoms with Crippen molar-refractivity contribution in [3.05, 3.63) is 32.7 Å². The predicted molar refractivity (Wildman–Crippen MR) is 91.0 cm³/mol. The van der Waals surface area contributed by atoms with E-state index in [2.05, 4.69) is 38.1 Å². The molecule has 0 bridgehead atoms. The quantitative estimate of drug-likeness (QED) is 0.841. The summed E-state index contributed by atoms with van der Waals surface area (Å²) in [6.07, 6.45) is 1.60. The smallest absolute Gasteiger partial charge is 0.186 e. The van der Waals surface area contributed by atoms with Gasteiger partial charge in [0.05, 0.1) is 27.1 Å². The molecule has 0 aromatic carbocycles. The molecule has 0 radical (unpaired) electrons. The molecule has 0 atom stereocenters. The molecule has 2 heterocycles. The molecule has 21 heavy (non-hydrogen) atoms. The molecule has 112 valence electrons. The minimum Gasteiger partial charge on any atom is -0.389 e. The van der Waals surface area contributed by atoms with Crippen LogP contribution in [0.3, 0.4) is 0 Å². The fourth-order valence-corrected chi connectivity index (χ4v) is 2.86. The zero-order chi connectivity index (χ0) is 15.7. The van der Waals surface area contributed by atoms with Crippen LogP contribution in [0.2, 0.25) is 0 Å². The fraction of sp³-hybridized carbons (Fsp3) is 0.429. The van der Waals surface area contributed by atoms with Crippen molar-refractivity contribution in [2.24, 2.45) is 5.73 Å². The molecule has 2 N–H and O–H groups in total. The third-order valence-corrected chi connectivity index (χ3v) is 4.83. The summed E-state index contributed by atoms with van der Waals surface area (Å²) in [5.41, 5.74) is 10.6. The number of aromatic nitrogens is 4. The lowest BCUT2D eigenvalue weighted by atomic mass is 10.0. The topological polar surface area (TPSA) is 69.6 Å². The number of hydrogen-bond donors (Lipinski definition) is 1. The molecular formula is C14H18BrN5S. The second kappa shape index (κ2) is 6.19. The van der Waals surface area contributed by atoms with E-state index in [1.54, 1.807) is 4.68 Å². The maximum absolute atomic E-state index is 5.96. The Balaban J connectivity index is 2.80. The summed E-state index contributed by atoms with van der Waals surface area (Å²) in [4.78, 5) is 0.329. The Morgan fingerprint density at radius 3 is 2.33 bits per heavy atom. The van der Waals surface area contributed by atoms with Gasteiger partial charge >= 0.3 is 0 Å². The van der Waals surface area contributed by atoms with Crippen LogP contribution in [-0.2, 0) is 12.8 Å². The number of thiocarbonyl (C=S) groups is 1. The van der Waals surface area contributed by atoms with Crippen molar-refractivity contribution < 1.29 is 0 Å². The van der Waals surface area contributed by atoms with Crippen molar-refractivity contribution in [3.63, 3.8) is 0 Å². The predicted octanol–water partition coefficient (Wildman–Crippen LogP) is 2.80. The summed E-state index contributed by atoms with van der Waals surface area (Å²) in [5.74, 6) is 0.600. The molecule has 2 aromatic rings. The summed E-state index contributed by atoms with van der Waals surface area (Å²) in [6, 6.07) is 0. The molecule has 2 aromatic heterocycles. The minimum absolute atomic E-state index is 0.329. The summed E-state index contributed by atoms with van der Waals surface area (Å²) < 4.78 is 2.70. The molecule has 0 saturated carbocycles. The van der Waals surface area contributed by atoms with E-state index in [-0.39, 0.29) is 0 Å². The number of nitrogens with two attached hydrogens (primary N) is 1. The molecule has 5 nitrogen and oxygen atoms in total. The van der Waals surface area contributed by atoms with Crippen LogP contribution in [-0.4, -0.2) is 25.0 Å². The summed E-state index contributed by atoms with van der Waals surface area (Å²) in [7, 11) is 0. The number of nitrogens with zero attached hydrogens (tertiary/aromatic N) is 4. The number of halogens is 1. The van der Waals surface area contributed by atoms with Crippen LogP contribution in [0.4, 0.5) is 0 Å². The highest BCUT2D eigenvalue weighted by molar-refractivity contribution is 9.10. The maximum Gasteiger partial charge on any atom is 0.186 e. The Bertz CT molecular complexity index is 708. The normalized spacial score (nSPS) is 10.9. The van der Waals surface area contributed by atoms with E-state index >= 15 is 0 Å². The van der Waals surface area contributed by atoms with E-state index in [1.807, 2.05) is 20.8 Å². The second-order valence-corrected chi connectivity index (χ2v) is 6.02. The van der Waals surface area contributed by atoms with Gasteiger partial charge in [-0.1, -0.05) is 26.1 Å². The summed E-state index contributed by atoms with van der Waals surface area (Å²) >= 11 is 8.78. The lowest BCUT2D eigenvalue weighted by Crippen LogP contribution is -2.21. The van der Waals surface area contributed by atoms with Crippen LogP contribution in [0.15, 0.2) is 4.47 Å². The van der Waals surface area contributed by atoms with Crippen molar-refractivity contribution in [2.45, 2.75) is 40.5 Å². The average molecular weight is 368 g/mol. The fourth-order valence-electron chi connectivity index (χ4n) is 2.40. The van der Waals surface area contributed by atoms with E-state index in [4.69, 9.17) is 18.0 Å². The lowest BCUT2D eigenvalue weighted by Gasteiger charge is -2.15. The third-order valence-electron chi connectivity index (χ3n) is 3.48. The molecule has 0 fully saturated rings. The van der Waals surface area contributed by atoms with E-state index < -0.39 is 0 Å². The molecule has 7 heteroatoms. The van der Waals surface area contributed by atoms with Crippen LogP contribution in [0.5, 0.6) is 0 Å². The van der Waals surface area contributed by atoms with E-state index in [9.17, 15) is 0 Å². The van der Waals surface area contributed by atoms with Gasteiger partial charge in [0.15, 0.2) is 5.82 Å². The summed E-state index contributed by atoms with van der Waals surface area (Å²) in [5, 5.41) is 13.2. The molecule has 0 unspecified atom stereocenters. The van der Waals surface area contributed by atoms with E-state index in [1.165, 1.54) is 0 Å². The van der Waals surface area contributed by atoms with Crippen LogP contribution in [0, 0.1) is 13.8 Å². The van der Waals surface area contributed by atoms with Gasteiger partial charge in [-0.2, -0.15) is 10.2 Å². The van der Waals surface area contributed by atoms with Crippen molar-refractivity contribution in [1.29, 1.82) is 0 Å². The monoisotopic (exact) mass is 367 g/mol. The second-order valence-electron chi connectivity index (χ2n) is 4.79. The molecule has 2 rings (SSSR count). The van der Waals surface area contributed by atoms with Crippen LogP contribution >= 0.6 is 28.1 Å². The summed E-state index contributed by atoms with van der Waals surface area (Å²) in [6.45, 7) is 8.02. The highest BCUT2D eigenvalue weighted by Crippen LogP contribution is 2.26. The first-order chi connectivity index (χ1) is 9.92. The SMILES string of the molecule is CCc1nnc(-n2nc(C)c(Br)c2C)c(C(N)=S)c1CC. The molecular weight excluding hydrogens is 350 g/mol. The van der Waals surface area contributed by atoms with Gasteiger partial charge in [0.25, 0.3) is 0 Å². The number of aryl methyl sites for hydroxylation is 2. The molecule has 0 aliphatic rings. The largest absolute Gasteiger partial charge is 0.389 e. The van der Waals surface area contributed by atoms with Crippen molar-refractivity contribution in [3.8, 4) is 5.82 Å². The Kier molecular flexibility index (Phi) is 4.73. The molecule has 0 spiro atoms. The van der Waals surface area contributed by atoms with Gasteiger partial charge in [-0.05, 0) is 48.2 Å². The highest BCUT2D eigenvalue weighted by atomic mass is 79.9. The first kappa shape index (κ1) is 16.0. The van der Waals surface area contributed by atoms with Crippen molar-refractivity contribution >= 4 is 33.1 Å². The van der Waals surface area contributed by atoms with Crippen molar-refractivity contribution in [2.75, 3.05) is 0 Å². The van der Waals surface area contributed by atoms with Crippen LogP contribution < -0.4 is 5.73 Å². The standard InChI is InChI=1S/C14H18BrN5S/c1-5-9-10(6-2)17-18-14(11(9)13(16)21)20-8(4)12(15)7(3)19-20/h5-6H2,1-4H3,(H2,16,21). The van der Waals surface area contributed by atoms with Gasteiger partial charge in [-0.3, -0.25) is 0 Å². The van der Waals surface area contributed by atoms with Crippen molar-refractivity contribution in [1.82, 2.24) is 20.0 Å². The van der Waals surface area contributed by atoms with Gasteiger partial charge in [-0.25, -0.2) is 4.68 Å². The molecule has 0 saturated heterocycles. The van der Waals surface area contributed by atoms with Gasteiger partial charge in [-0.15, -0.1) is 5.10 Å². The third kappa shape index (κ3) is 2.72. The van der Waals surface area contributed by atoms with Crippen LogP contribution in [0.25, 0.3) is 5.82 Å². The van der Waals surface area contributed by atoms with E-state index in [0.717, 1.165) is 45.5 Å². The molecule has 0 aliphatic carbocycles. The Labute approximate surface area is 138 Å². The van der Waals surface area contributed by atoms with Gasteiger partial charge in [0.2, 0.25) is 0 Å². The first-order valence-electron chi connectivity index (χ1n) is 6.82. The van der Waals surface area contributed by atoms with E-state index in [0.29, 0.717) is 10.8 Å². The van der Waals surface area contributed by atoms with Crippen LogP contribution in [0.1, 0.15) is 42.1 Å². The minimum atomic E-state index is 0.329. The van der Waals surface area contributed by atoms with Gasteiger partial charge < -0.3 is 5.73 Å². The van der Waals surface area contributed by atoms with Gasteiger partial charge in [0.1, 0.15) is 4.99 Å². The highest BCUT2D eigenvalue weighted by Gasteiger charge is 2.21. The zero-order valence-electron chi connectivity index (χ0n) is 12.6. The lowest BCUT2D eigenvalue weighted by molar-refractivity contribution is 0.757. The first-order valence-corrected chi connectivity index (χ1v) is 8.02. The van der Waals surface area contributed by atoms with Gasteiger partial charge in [0, 0.05) is 0 Å². The Morgan fingerprint density at radius 1 is 1.24 bits per heavy atom. The number of rotatable bonds is 4. The molecule has 0 aliphatic heterocycles.